The second-order valence-corrected chi connectivity index (χ2v) is 9.35. The van der Waals surface area contributed by atoms with Crippen molar-refractivity contribution < 1.29 is 9.18 Å². The highest BCUT2D eigenvalue weighted by Crippen LogP contribution is 2.46. The molecule has 2 aliphatic carbocycles. The number of benzene rings is 1. The van der Waals surface area contributed by atoms with Gasteiger partial charge in [0.05, 0.1) is 0 Å². The van der Waals surface area contributed by atoms with Crippen molar-refractivity contribution in [2.75, 3.05) is 6.54 Å². The van der Waals surface area contributed by atoms with Gasteiger partial charge in [-0.1, -0.05) is 19.8 Å². The monoisotopic (exact) mass is 382 g/mol. The molecule has 2 aromatic rings. The van der Waals surface area contributed by atoms with E-state index in [1.54, 1.807) is 6.07 Å². The molecule has 3 nitrogen and oxygen atoms in total. The first-order valence-corrected chi connectivity index (χ1v) is 11.2. The van der Waals surface area contributed by atoms with Gasteiger partial charge in [0, 0.05) is 41.7 Å². The van der Waals surface area contributed by atoms with E-state index in [1.807, 2.05) is 12.3 Å². The van der Waals surface area contributed by atoms with Crippen molar-refractivity contribution in [2.24, 2.45) is 5.92 Å². The summed E-state index contributed by atoms with van der Waals surface area (Å²) in [6.07, 6.45) is 12.2. The van der Waals surface area contributed by atoms with E-state index in [-0.39, 0.29) is 11.7 Å². The Kier molecular flexibility index (Phi) is 4.68. The number of fused-ring (bicyclic) bond motifs is 2. The maximum atomic E-state index is 14.6. The molecule has 1 saturated heterocycles. The fourth-order valence-electron chi connectivity index (χ4n) is 5.84. The third kappa shape index (κ3) is 3.15. The molecule has 1 aromatic carbocycles. The molecule has 28 heavy (non-hydrogen) atoms. The Labute approximate surface area is 166 Å². The third-order valence-corrected chi connectivity index (χ3v) is 7.43. The van der Waals surface area contributed by atoms with Crippen molar-refractivity contribution in [1.29, 1.82) is 0 Å². The summed E-state index contributed by atoms with van der Waals surface area (Å²) < 4.78 is 14.6. The lowest BCUT2D eigenvalue weighted by atomic mass is 9.78. The van der Waals surface area contributed by atoms with Gasteiger partial charge < -0.3 is 9.88 Å². The lowest BCUT2D eigenvalue weighted by Gasteiger charge is -2.44. The van der Waals surface area contributed by atoms with Crippen LogP contribution in [0.5, 0.6) is 0 Å². The lowest BCUT2D eigenvalue weighted by Crippen LogP contribution is -2.49. The Morgan fingerprint density at radius 1 is 1.18 bits per heavy atom. The van der Waals surface area contributed by atoms with Crippen molar-refractivity contribution in [1.82, 2.24) is 9.88 Å². The minimum Gasteiger partial charge on any atom is -0.361 e. The number of amides is 1. The van der Waals surface area contributed by atoms with E-state index in [4.69, 9.17) is 0 Å². The number of piperidine rings is 1. The van der Waals surface area contributed by atoms with Crippen LogP contribution in [0.2, 0.25) is 0 Å². The number of carbonyl (C=O) groups is 1. The van der Waals surface area contributed by atoms with Crippen LogP contribution in [0.3, 0.4) is 0 Å². The highest BCUT2D eigenvalue weighted by Gasteiger charge is 2.36. The summed E-state index contributed by atoms with van der Waals surface area (Å²) in [4.78, 5) is 18.8. The summed E-state index contributed by atoms with van der Waals surface area (Å²) in [5, 5.41) is 1.04. The van der Waals surface area contributed by atoms with Crippen molar-refractivity contribution in [3.05, 3.63) is 35.3 Å². The fraction of sp³-hybridized carbons (Fsp3) is 0.625. The van der Waals surface area contributed by atoms with Gasteiger partial charge in [0.1, 0.15) is 5.82 Å². The van der Waals surface area contributed by atoms with E-state index < -0.39 is 0 Å². The van der Waals surface area contributed by atoms with Crippen LogP contribution in [0.15, 0.2) is 18.3 Å². The normalized spacial score (nSPS) is 26.3. The van der Waals surface area contributed by atoms with Crippen molar-refractivity contribution in [2.45, 2.75) is 82.6 Å². The molecule has 0 spiro atoms. The number of H-pyrrole nitrogens is 1. The Bertz CT molecular complexity index is 882. The average Bonchev–Trinajstić information content (AvgIpc) is 3.45. The highest BCUT2D eigenvalue weighted by atomic mass is 19.1. The topological polar surface area (TPSA) is 36.1 Å². The van der Waals surface area contributed by atoms with Crippen LogP contribution in [0.4, 0.5) is 4.39 Å². The first-order chi connectivity index (χ1) is 13.6. The van der Waals surface area contributed by atoms with E-state index in [1.165, 1.54) is 32.1 Å². The minimum absolute atomic E-state index is 0.0875. The molecular weight excluding hydrogens is 351 g/mol. The SMILES string of the molecule is CC(CC(=O)N1CCCC2CCCCC21)c1c[nH]c2ccc(F)c(C3CC3)c12. The quantitative estimate of drug-likeness (QED) is 0.706. The van der Waals surface area contributed by atoms with Crippen LogP contribution in [-0.4, -0.2) is 28.4 Å². The molecule has 0 bridgehead atoms. The zero-order valence-corrected chi connectivity index (χ0v) is 16.8. The van der Waals surface area contributed by atoms with E-state index in [0.717, 1.165) is 47.8 Å². The predicted molar refractivity (Wildman–Crippen MR) is 110 cm³/mol. The van der Waals surface area contributed by atoms with Gasteiger partial charge in [-0.3, -0.25) is 4.79 Å². The molecule has 3 unspecified atom stereocenters. The molecule has 2 heterocycles. The fourth-order valence-corrected chi connectivity index (χ4v) is 5.84. The number of nitrogens with zero attached hydrogens (tertiary/aromatic N) is 1. The molecular formula is C24H31FN2O. The van der Waals surface area contributed by atoms with Gasteiger partial charge in [0.2, 0.25) is 5.91 Å². The largest absolute Gasteiger partial charge is 0.361 e. The molecule has 0 radical (unpaired) electrons. The maximum absolute atomic E-state index is 14.6. The number of hydrogen-bond donors (Lipinski definition) is 1. The number of aromatic nitrogens is 1. The highest BCUT2D eigenvalue weighted by molar-refractivity contribution is 5.89. The molecule has 1 N–H and O–H groups in total. The van der Waals surface area contributed by atoms with Crippen LogP contribution in [0.1, 0.15) is 87.7 Å². The number of rotatable bonds is 4. The average molecular weight is 383 g/mol. The van der Waals surface area contributed by atoms with Crippen molar-refractivity contribution in [3.8, 4) is 0 Å². The Hall–Kier alpha value is -1.84. The zero-order valence-electron chi connectivity index (χ0n) is 16.8. The number of halogens is 1. The first-order valence-electron chi connectivity index (χ1n) is 11.2. The molecule has 3 fully saturated rings. The van der Waals surface area contributed by atoms with Gasteiger partial charge in [-0.05, 0) is 74.0 Å². The Morgan fingerprint density at radius 2 is 1.96 bits per heavy atom. The first kappa shape index (κ1) is 18.2. The molecule has 4 heteroatoms. The van der Waals surface area contributed by atoms with Gasteiger partial charge in [-0.15, -0.1) is 0 Å². The number of likely N-dealkylation sites (tertiary alicyclic amines) is 1. The standard InChI is InChI=1S/C24H31FN2O/c1-15(13-22(28)27-12-4-6-16-5-2-3-7-21(16)27)18-14-26-20-11-10-19(25)23(24(18)20)17-8-9-17/h10-11,14-17,21,26H,2-9,12-13H2,1H3. The lowest BCUT2D eigenvalue weighted by molar-refractivity contribution is -0.137. The van der Waals surface area contributed by atoms with E-state index in [2.05, 4.69) is 16.8 Å². The van der Waals surface area contributed by atoms with Gasteiger partial charge in [0.25, 0.3) is 0 Å². The second kappa shape index (κ2) is 7.20. The van der Waals surface area contributed by atoms with Crippen LogP contribution in [0.25, 0.3) is 10.9 Å². The second-order valence-electron chi connectivity index (χ2n) is 9.35. The van der Waals surface area contributed by atoms with Crippen LogP contribution < -0.4 is 0 Å². The minimum atomic E-state index is -0.0875. The molecule has 1 amide bonds. The summed E-state index contributed by atoms with van der Waals surface area (Å²) in [5.74, 6) is 1.37. The summed E-state index contributed by atoms with van der Waals surface area (Å²) in [5.41, 5.74) is 2.99. The van der Waals surface area contributed by atoms with E-state index in [0.29, 0.717) is 30.2 Å². The molecule has 5 rings (SSSR count). The molecule has 2 saturated carbocycles. The Morgan fingerprint density at radius 3 is 2.79 bits per heavy atom. The summed E-state index contributed by atoms with van der Waals surface area (Å²) >= 11 is 0. The summed E-state index contributed by atoms with van der Waals surface area (Å²) in [7, 11) is 0. The van der Waals surface area contributed by atoms with Gasteiger partial charge in [-0.25, -0.2) is 4.39 Å². The van der Waals surface area contributed by atoms with Crippen LogP contribution in [-0.2, 0) is 4.79 Å². The maximum Gasteiger partial charge on any atom is 0.223 e. The van der Waals surface area contributed by atoms with Gasteiger partial charge in [-0.2, -0.15) is 0 Å². The molecule has 3 atom stereocenters. The van der Waals surface area contributed by atoms with Crippen LogP contribution >= 0.6 is 0 Å². The summed E-state index contributed by atoms with van der Waals surface area (Å²) in [6, 6.07) is 3.89. The smallest absolute Gasteiger partial charge is 0.223 e. The van der Waals surface area contributed by atoms with Crippen LogP contribution in [0, 0.1) is 11.7 Å². The zero-order chi connectivity index (χ0) is 19.3. The van der Waals surface area contributed by atoms with Gasteiger partial charge >= 0.3 is 0 Å². The summed E-state index contributed by atoms with van der Waals surface area (Å²) in [6.45, 7) is 3.05. The molecule has 1 aliphatic heterocycles. The third-order valence-electron chi connectivity index (χ3n) is 7.43. The number of hydrogen-bond acceptors (Lipinski definition) is 1. The van der Waals surface area contributed by atoms with Gasteiger partial charge in [0.15, 0.2) is 0 Å². The predicted octanol–water partition coefficient (Wildman–Crippen LogP) is 5.86. The molecule has 3 aliphatic rings. The Balaban J connectivity index is 1.39. The molecule has 150 valence electrons. The number of carbonyl (C=O) groups excluding carboxylic acids is 1. The van der Waals surface area contributed by atoms with E-state index in [9.17, 15) is 9.18 Å². The molecule has 1 aromatic heterocycles. The number of aromatic amines is 1. The van der Waals surface area contributed by atoms with Crippen molar-refractivity contribution >= 4 is 16.8 Å². The number of nitrogens with one attached hydrogen (secondary N) is 1. The van der Waals surface area contributed by atoms with E-state index >= 15 is 0 Å². The van der Waals surface area contributed by atoms with Crippen molar-refractivity contribution in [3.63, 3.8) is 0 Å².